The molecule has 1 saturated heterocycles. The van der Waals surface area contributed by atoms with Crippen LogP contribution in [0.1, 0.15) is 17.5 Å². The Balaban J connectivity index is 1.64. The van der Waals surface area contributed by atoms with Crippen molar-refractivity contribution in [2.45, 2.75) is 24.7 Å². The van der Waals surface area contributed by atoms with Crippen molar-refractivity contribution in [2.75, 3.05) is 33.9 Å². The van der Waals surface area contributed by atoms with Crippen LogP contribution in [0.25, 0.3) is 0 Å². The summed E-state index contributed by atoms with van der Waals surface area (Å²) in [7, 11) is 2.91. The standard InChI is InChI=1S/C23H26F3N3O5/c1-27-13-20(30)29-22(9-10-33-14-22)21(31)28-12-15-3-5-16(6-4-15)34-19-8-7-17(32-2)11-18(19)23(24,25)26/h3-8,11,27H,9-10,12-14H2,1-2H3,(H,28,31)(H,29,30). The topological polar surface area (TPSA) is 97.9 Å². The molecule has 1 aliphatic heterocycles. The minimum Gasteiger partial charge on any atom is -0.497 e. The fourth-order valence-corrected chi connectivity index (χ4v) is 3.47. The van der Waals surface area contributed by atoms with Gasteiger partial charge in [-0.15, -0.1) is 0 Å². The third kappa shape index (κ3) is 6.17. The molecule has 1 fully saturated rings. The van der Waals surface area contributed by atoms with E-state index < -0.39 is 17.3 Å². The van der Waals surface area contributed by atoms with Gasteiger partial charge in [-0.25, -0.2) is 0 Å². The maximum Gasteiger partial charge on any atom is 0.420 e. The maximum atomic E-state index is 13.4. The number of ether oxygens (including phenoxy) is 3. The van der Waals surface area contributed by atoms with Crippen LogP contribution in [0.5, 0.6) is 17.2 Å². The Kier molecular flexibility index (Phi) is 8.00. The minimum atomic E-state index is -4.61. The van der Waals surface area contributed by atoms with E-state index in [9.17, 15) is 22.8 Å². The van der Waals surface area contributed by atoms with Gasteiger partial charge in [-0.05, 0) is 42.9 Å². The van der Waals surface area contributed by atoms with Crippen molar-refractivity contribution < 1.29 is 37.0 Å². The summed E-state index contributed by atoms with van der Waals surface area (Å²) < 4.78 is 55.8. The van der Waals surface area contributed by atoms with Gasteiger partial charge in [-0.1, -0.05) is 12.1 Å². The zero-order valence-corrected chi connectivity index (χ0v) is 18.8. The monoisotopic (exact) mass is 481 g/mol. The molecule has 1 heterocycles. The van der Waals surface area contributed by atoms with Crippen molar-refractivity contribution in [2.24, 2.45) is 0 Å². The highest BCUT2D eigenvalue weighted by atomic mass is 19.4. The summed E-state index contributed by atoms with van der Waals surface area (Å²) in [6, 6.07) is 9.72. The molecule has 0 aromatic heterocycles. The van der Waals surface area contributed by atoms with Crippen molar-refractivity contribution in [1.29, 1.82) is 0 Å². The molecule has 34 heavy (non-hydrogen) atoms. The molecule has 3 rings (SSSR count). The molecule has 0 aliphatic carbocycles. The summed E-state index contributed by atoms with van der Waals surface area (Å²) in [5, 5.41) is 8.24. The van der Waals surface area contributed by atoms with Crippen molar-refractivity contribution in [3.05, 3.63) is 53.6 Å². The average molecular weight is 481 g/mol. The lowest BCUT2D eigenvalue weighted by atomic mass is 9.97. The fourth-order valence-electron chi connectivity index (χ4n) is 3.47. The van der Waals surface area contributed by atoms with Gasteiger partial charge in [-0.3, -0.25) is 9.59 Å². The van der Waals surface area contributed by atoms with E-state index in [1.807, 2.05) is 0 Å². The molecule has 3 N–H and O–H groups in total. The van der Waals surface area contributed by atoms with Crippen molar-refractivity contribution in [3.8, 4) is 17.2 Å². The smallest absolute Gasteiger partial charge is 0.420 e. The first kappa shape index (κ1) is 25.3. The number of alkyl halides is 3. The molecule has 1 atom stereocenters. The number of carbonyl (C=O) groups is 2. The molecule has 1 unspecified atom stereocenters. The van der Waals surface area contributed by atoms with Crippen molar-refractivity contribution in [1.82, 2.24) is 16.0 Å². The van der Waals surface area contributed by atoms with Crippen LogP contribution in [-0.2, 0) is 27.0 Å². The normalized spacial score (nSPS) is 17.8. The van der Waals surface area contributed by atoms with Gasteiger partial charge in [0.2, 0.25) is 11.8 Å². The lowest BCUT2D eigenvalue weighted by Gasteiger charge is -2.27. The number of likely N-dealkylation sites (N-methyl/N-ethyl adjacent to an activating group) is 1. The highest BCUT2D eigenvalue weighted by molar-refractivity contribution is 5.92. The Hall–Kier alpha value is -3.31. The highest BCUT2D eigenvalue weighted by Gasteiger charge is 2.43. The van der Waals surface area contributed by atoms with Gasteiger partial charge in [0.15, 0.2) is 0 Å². The number of rotatable bonds is 9. The van der Waals surface area contributed by atoms with E-state index in [-0.39, 0.29) is 48.8 Å². The van der Waals surface area contributed by atoms with E-state index in [1.165, 1.54) is 31.4 Å². The zero-order chi connectivity index (χ0) is 24.8. The first-order valence-corrected chi connectivity index (χ1v) is 10.5. The Morgan fingerprint density at radius 3 is 2.41 bits per heavy atom. The van der Waals surface area contributed by atoms with Gasteiger partial charge < -0.3 is 30.2 Å². The largest absolute Gasteiger partial charge is 0.497 e. The van der Waals surface area contributed by atoms with Crippen LogP contribution in [-0.4, -0.2) is 51.3 Å². The van der Waals surface area contributed by atoms with Gasteiger partial charge in [0, 0.05) is 19.6 Å². The van der Waals surface area contributed by atoms with E-state index in [1.54, 1.807) is 19.2 Å². The number of nitrogens with one attached hydrogen (secondary N) is 3. The number of amides is 2. The van der Waals surface area contributed by atoms with Crippen molar-refractivity contribution >= 4 is 11.8 Å². The van der Waals surface area contributed by atoms with Gasteiger partial charge >= 0.3 is 6.18 Å². The van der Waals surface area contributed by atoms with Crippen molar-refractivity contribution in [3.63, 3.8) is 0 Å². The molecule has 0 radical (unpaired) electrons. The molecule has 2 amide bonds. The predicted molar refractivity (Wildman–Crippen MR) is 117 cm³/mol. The Morgan fingerprint density at radius 1 is 1.12 bits per heavy atom. The van der Waals surface area contributed by atoms with Gasteiger partial charge in [0.25, 0.3) is 0 Å². The number of carbonyl (C=O) groups excluding carboxylic acids is 2. The van der Waals surface area contributed by atoms with Gasteiger partial charge in [0.1, 0.15) is 28.4 Å². The number of hydrogen-bond acceptors (Lipinski definition) is 6. The SMILES string of the molecule is CNCC(=O)NC1(C(=O)NCc2ccc(Oc3ccc(OC)cc3C(F)(F)F)cc2)CCOC1. The van der Waals surface area contributed by atoms with Crippen LogP contribution in [0.3, 0.4) is 0 Å². The molecule has 2 aromatic rings. The van der Waals surface area contributed by atoms with Crippen LogP contribution < -0.4 is 25.4 Å². The first-order chi connectivity index (χ1) is 16.2. The number of hydrogen-bond donors (Lipinski definition) is 3. The summed E-state index contributed by atoms with van der Waals surface area (Å²) in [5.41, 5.74) is -1.39. The molecule has 184 valence electrons. The average Bonchev–Trinajstić information content (AvgIpc) is 3.27. The summed E-state index contributed by atoms with van der Waals surface area (Å²) in [6.45, 7) is 0.648. The van der Waals surface area contributed by atoms with E-state index in [4.69, 9.17) is 14.2 Å². The van der Waals surface area contributed by atoms with E-state index >= 15 is 0 Å². The Morgan fingerprint density at radius 2 is 1.82 bits per heavy atom. The lowest BCUT2D eigenvalue weighted by Crippen LogP contribution is -2.60. The summed E-state index contributed by atoms with van der Waals surface area (Å²) >= 11 is 0. The first-order valence-electron chi connectivity index (χ1n) is 10.5. The molecule has 11 heteroatoms. The van der Waals surface area contributed by atoms with E-state index in [2.05, 4.69) is 16.0 Å². The Labute approximate surface area is 194 Å². The summed E-state index contributed by atoms with van der Waals surface area (Å²) in [5.74, 6) is -0.775. The van der Waals surface area contributed by atoms with Crippen LogP contribution in [0, 0.1) is 0 Å². The zero-order valence-electron chi connectivity index (χ0n) is 18.8. The second-order valence-corrected chi connectivity index (χ2v) is 7.75. The van der Waals surface area contributed by atoms with E-state index in [0.717, 1.165) is 6.07 Å². The molecule has 8 nitrogen and oxygen atoms in total. The van der Waals surface area contributed by atoms with Gasteiger partial charge in [0.05, 0.1) is 20.3 Å². The predicted octanol–water partition coefficient (Wildman–Crippen LogP) is 2.62. The number of methoxy groups -OCH3 is 1. The van der Waals surface area contributed by atoms with Crippen LogP contribution >= 0.6 is 0 Å². The molecule has 2 aromatic carbocycles. The van der Waals surface area contributed by atoms with Gasteiger partial charge in [-0.2, -0.15) is 13.2 Å². The van der Waals surface area contributed by atoms with Crippen LogP contribution in [0.15, 0.2) is 42.5 Å². The van der Waals surface area contributed by atoms with Crippen LogP contribution in [0.2, 0.25) is 0 Å². The number of benzene rings is 2. The maximum absolute atomic E-state index is 13.4. The molecule has 0 saturated carbocycles. The number of halogens is 3. The minimum absolute atomic E-state index is 0.0679. The van der Waals surface area contributed by atoms with E-state index in [0.29, 0.717) is 18.6 Å². The second-order valence-electron chi connectivity index (χ2n) is 7.75. The highest BCUT2D eigenvalue weighted by Crippen LogP contribution is 2.40. The molecular weight excluding hydrogens is 455 g/mol. The molecule has 0 bridgehead atoms. The summed E-state index contributed by atoms with van der Waals surface area (Å²) in [6.07, 6.45) is -4.26. The molecule has 0 spiro atoms. The second kappa shape index (κ2) is 10.7. The third-order valence-corrected chi connectivity index (χ3v) is 5.27. The molecule has 1 aliphatic rings. The van der Waals surface area contributed by atoms with Crippen LogP contribution in [0.4, 0.5) is 13.2 Å². The quantitative estimate of drug-likeness (QED) is 0.510. The molecular formula is C23H26F3N3O5. The summed E-state index contributed by atoms with van der Waals surface area (Å²) in [4.78, 5) is 24.8. The fraction of sp³-hybridized carbons (Fsp3) is 0.391. The Bertz CT molecular complexity index is 1010. The third-order valence-electron chi connectivity index (χ3n) is 5.27. The lowest BCUT2D eigenvalue weighted by molar-refractivity contribution is -0.138.